The lowest BCUT2D eigenvalue weighted by atomic mass is 9.95. The number of nitrogens with zero attached hydrogens (tertiary/aromatic N) is 3. The van der Waals surface area contributed by atoms with Gasteiger partial charge in [0.25, 0.3) is 5.69 Å². The number of aromatic nitrogens is 1. The van der Waals surface area contributed by atoms with Gasteiger partial charge in [-0.1, -0.05) is 34.1 Å². The lowest BCUT2D eigenvalue weighted by molar-refractivity contribution is -0.383. The van der Waals surface area contributed by atoms with Gasteiger partial charge < -0.3 is 14.8 Å². The molecule has 2 atom stereocenters. The predicted molar refractivity (Wildman–Crippen MR) is 120 cm³/mol. The number of nitrogens with one attached hydrogen (secondary N) is 1. The zero-order valence-corrected chi connectivity index (χ0v) is 18.6. The molecule has 3 aromatic rings. The third-order valence-electron chi connectivity index (χ3n) is 5.89. The highest BCUT2D eigenvalue weighted by Gasteiger charge is 2.42. The minimum Gasteiger partial charge on any atom is -0.361 e. The van der Waals surface area contributed by atoms with E-state index < -0.39 is 17.0 Å². The summed E-state index contributed by atoms with van der Waals surface area (Å²) in [6.45, 7) is 0. The average molecular weight is 485 g/mol. The van der Waals surface area contributed by atoms with Gasteiger partial charge in [-0.05, 0) is 29.3 Å². The molecular formula is C22H21BrN4O4. The van der Waals surface area contributed by atoms with Crippen LogP contribution in [0.15, 0.2) is 53.1 Å². The Bertz CT molecular complexity index is 1190. The van der Waals surface area contributed by atoms with E-state index in [0.717, 1.165) is 10.0 Å². The SMILES string of the molecule is CN1C(=O)[C@H](Cc2c[nH]c3cccc([N+](=O)[O-])c23)N(C)C(=O)[C@@H]1Cc1cccc(Br)c1. The smallest absolute Gasteiger partial charge is 0.279 e. The van der Waals surface area contributed by atoms with Crippen molar-refractivity contribution in [3.63, 3.8) is 0 Å². The van der Waals surface area contributed by atoms with Crippen molar-refractivity contribution in [2.24, 2.45) is 0 Å². The lowest BCUT2D eigenvalue weighted by Crippen LogP contribution is -2.63. The number of carbonyl (C=O) groups excluding carboxylic acids is 2. The van der Waals surface area contributed by atoms with Crippen molar-refractivity contribution in [1.82, 2.24) is 14.8 Å². The Kier molecular flexibility index (Phi) is 5.53. The average Bonchev–Trinajstić information content (AvgIpc) is 3.16. The Morgan fingerprint density at radius 1 is 1.03 bits per heavy atom. The van der Waals surface area contributed by atoms with Crippen molar-refractivity contribution in [2.75, 3.05) is 14.1 Å². The van der Waals surface area contributed by atoms with Crippen LogP contribution in [-0.2, 0) is 22.4 Å². The number of benzene rings is 2. The van der Waals surface area contributed by atoms with E-state index in [1.807, 2.05) is 24.3 Å². The van der Waals surface area contributed by atoms with Crippen LogP contribution in [0, 0.1) is 10.1 Å². The minimum absolute atomic E-state index is 0.0214. The molecule has 0 radical (unpaired) electrons. The van der Waals surface area contributed by atoms with Crippen LogP contribution >= 0.6 is 15.9 Å². The number of hydrogen-bond donors (Lipinski definition) is 1. The van der Waals surface area contributed by atoms with Crippen molar-refractivity contribution in [1.29, 1.82) is 0 Å². The number of halogens is 1. The van der Waals surface area contributed by atoms with Gasteiger partial charge in [-0.25, -0.2) is 0 Å². The molecule has 0 spiro atoms. The Labute approximate surface area is 187 Å². The number of amides is 2. The highest BCUT2D eigenvalue weighted by atomic mass is 79.9. The summed E-state index contributed by atoms with van der Waals surface area (Å²) in [6.07, 6.45) is 2.28. The predicted octanol–water partition coefficient (Wildman–Crippen LogP) is 3.29. The summed E-state index contributed by atoms with van der Waals surface area (Å²) < 4.78 is 0.911. The van der Waals surface area contributed by atoms with E-state index in [1.165, 1.54) is 15.9 Å². The van der Waals surface area contributed by atoms with Crippen LogP contribution in [-0.4, -0.2) is 57.7 Å². The van der Waals surface area contributed by atoms with Crippen molar-refractivity contribution in [3.05, 3.63) is 74.4 Å². The van der Waals surface area contributed by atoms with Crippen molar-refractivity contribution in [2.45, 2.75) is 24.9 Å². The number of non-ortho nitro benzene ring substituents is 1. The number of likely N-dealkylation sites (N-methyl/N-ethyl adjacent to an activating group) is 2. The summed E-state index contributed by atoms with van der Waals surface area (Å²) in [6, 6.07) is 11.1. The molecule has 1 N–H and O–H groups in total. The maximum absolute atomic E-state index is 13.2. The molecule has 1 fully saturated rings. The first-order valence-corrected chi connectivity index (χ1v) is 10.6. The number of nitro benzene ring substituents is 1. The van der Waals surface area contributed by atoms with Crippen LogP contribution < -0.4 is 0 Å². The topological polar surface area (TPSA) is 99.5 Å². The van der Waals surface area contributed by atoms with Crippen LogP contribution in [0.5, 0.6) is 0 Å². The molecule has 8 nitrogen and oxygen atoms in total. The molecule has 4 rings (SSSR count). The van der Waals surface area contributed by atoms with Crippen LogP contribution in [0.2, 0.25) is 0 Å². The number of H-pyrrole nitrogens is 1. The fourth-order valence-corrected chi connectivity index (χ4v) is 4.65. The first kappa shape index (κ1) is 21.0. The molecule has 0 unspecified atom stereocenters. The number of rotatable bonds is 5. The fraction of sp³-hybridized carbons (Fsp3) is 0.273. The van der Waals surface area contributed by atoms with Crippen molar-refractivity contribution < 1.29 is 14.5 Å². The van der Waals surface area contributed by atoms with Crippen LogP contribution in [0.3, 0.4) is 0 Å². The molecule has 1 aliphatic heterocycles. The zero-order valence-electron chi connectivity index (χ0n) is 17.0. The summed E-state index contributed by atoms with van der Waals surface area (Å²) in [7, 11) is 3.26. The first-order valence-electron chi connectivity index (χ1n) is 9.79. The lowest BCUT2D eigenvalue weighted by Gasteiger charge is -2.42. The molecule has 31 heavy (non-hydrogen) atoms. The summed E-state index contributed by atoms with van der Waals surface area (Å²) in [4.78, 5) is 43.4. The van der Waals surface area contributed by atoms with Crippen molar-refractivity contribution >= 4 is 44.3 Å². The second kappa shape index (κ2) is 8.14. The van der Waals surface area contributed by atoms with Gasteiger partial charge in [0.2, 0.25) is 11.8 Å². The molecule has 160 valence electrons. The molecule has 1 aliphatic rings. The number of piperazine rings is 1. The summed E-state index contributed by atoms with van der Waals surface area (Å²) in [5, 5.41) is 12.0. The number of carbonyl (C=O) groups is 2. The molecule has 1 aromatic heterocycles. The number of hydrogen-bond acceptors (Lipinski definition) is 4. The number of fused-ring (bicyclic) bond motifs is 1. The quantitative estimate of drug-likeness (QED) is 0.443. The Morgan fingerprint density at radius 2 is 1.68 bits per heavy atom. The second-order valence-electron chi connectivity index (χ2n) is 7.74. The monoisotopic (exact) mass is 484 g/mol. The normalized spacial score (nSPS) is 19.3. The fourth-order valence-electron chi connectivity index (χ4n) is 4.20. The van der Waals surface area contributed by atoms with Crippen LogP contribution in [0.25, 0.3) is 10.9 Å². The largest absolute Gasteiger partial charge is 0.361 e. The van der Waals surface area contributed by atoms with Gasteiger partial charge in [-0.15, -0.1) is 0 Å². The van der Waals surface area contributed by atoms with Crippen LogP contribution in [0.1, 0.15) is 11.1 Å². The van der Waals surface area contributed by atoms with Gasteiger partial charge in [0.15, 0.2) is 0 Å². The summed E-state index contributed by atoms with van der Waals surface area (Å²) in [5.41, 5.74) is 2.19. The zero-order chi connectivity index (χ0) is 22.3. The minimum atomic E-state index is -0.727. The van der Waals surface area contributed by atoms with Gasteiger partial charge in [-0.2, -0.15) is 0 Å². The summed E-state index contributed by atoms with van der Waals surface area (Å²) in [5.74, 6) is -0.337. The van der Waals surface area contributed by atoms with E-state index in [0.29, 0.717) is 22.9 Å². The number of aromatic amines is 1. The van der Waals surface area contributed by atoms with Crippen molar-refractivity contribution in [3.8, 4) is 0 Å². The standard InChI is InChI=1S/C22H21BrN4O4/c1-25-18(10-13-5-3-6-15(23)9-13)21(28)26(2)19(22(25)29)11-14-12-24-16-7-4-8-17(20(14)16)27(30)31/h3-9,12,18-19,24H,10-11H2,1-2H3/t18-,19-/m0/s1. The molecule has 1 saturated heterocycles. The maximum Gasteiger partial charge on any atom is 0.279 e. The summed E-state index contributed by atoms with van der Waals surface area (Å²) >= 11 is 3.43. The first-order chi connectivity index (χ1) is 14.8. The van der Waals surface area contributed by atoms with Gasteiger partial charge in [-0.3, -0.25) is 19.7 Å². The van der Waals surface area contributed by atoms with E-state index in [1.54, 1.807) is 32.4 Å². The second-order valence-corrected chi connectivity index (χ2v) is 8.65. The molecule has 9 heteroatoms. The van der Waals surface area contributed by atoms with Crippen LogP contribution in [0.4, 0.5) is 5.69 Å². The van der Waals surface area contributed by atoms with Gasteiger partial charge in [0.05, 0.1) is 15.8 Å². The molecule has 0 bridgehead atoms. The molecule has 0 aliphatic carbocycles. The molecular weight excluding hydrogens is 464 g/mol. The highest BCUT2D eigenvalue weighted by Crippen LogP contribution is 2.31. The van der Waals surface area contributed by atoms with Gasteiger partial charge in [0.1, 0.15) is 12.1 Å². The van der Waals surface area contributed by atoms with Gasteiger partial charge in [0, 0.05) is 43.7 Å². The van der Waals surface area contributed by atoms with E-state index >= 15 is 0 Å². The number of nitro groups is 1. The highest BCUT2D eigenvalue weighted by molar-refractivity contribution is 9.10. The molecule has 2 heterocycles. The molecule has 0 saturated carbocycles. The molecule has 2 amide bonds. The Hall–Kier alpha value is -3.20. The van der Waals surface area contributed by atoms with Gasteiger partial charge >= 0.3 is 0 Å². The van der Waals surface area contributed by atoms with E-state index in [9.17, 15) is 19.7 Å². The van der Waals surface area contributed by atoms with E-state index in [-0.39, 0.29) is 23.9 Å². The third-order valence-corrected chi connectivity index (χ3v) is 6.39. The Balaban J connectivity index is 1.62. The third kappa shape index (κ3) is 3.81. The van der Waals surface area contributed by atoms with E-state index in [2.05, 4.69) is 20.9 Å². The molecule has 2 aromatic carbocycles. The Morgan fingerprint density at radius 3 is 2.32 bits per heavy atom. The maximum atomic E-state index is 13.2. The van der Waals surface area contributed by atoms with E-state index in [4.69, 9.17) is 0 Å².